The van der Waals surface area contributed by atoms with Gasteiger partial charge in [-0.2, -0.15) is 13.4 Å². The molecule has 7 nitrogen and oxygen atoms in total. The molecule has 0 unspecified atom stereocenters. The van der Waals surface area contributed by atoms with Crippen LogP contribution in [0.2, 0.25) is 10.0 Å². The van der Waals surface area contributed by atoms with E-state index in [1.807, 2.05) is 39.8 Å². The molecule has 1 aromatic heterocycles. The maximum absolute atomic E-state index is 13.7. The van der Waals surface area contributed by atoms with Crippen molar-refractivity contribution in [1.29, 1.82) is 0 Å². The molecule has 37 heavy (non-hydrogen) atoms. The fourth-order valence-corrected chi connectivity index (χ4v) is 6.13. The molecule has 0 aliphatic carbocycles. The van der Waals surface area contributed by atoms with Crippen molar-refractivity contribution in [3.63, 3.8) is 0 Å². The maximum atomic E-state index is 13.7. The molecule has 0 aliphatic rings. The number of aromatic nitrogens is 2. The quantitative estimate of drug-likeness (QED) is 0.273. The molecule has 200 valence electrons. The molecule has 0 bridgehead atoms. The van der Waals surface area contributed by atoms with Crippen LogP contribution in [0.25, 0.3) is 5.69 Å². The van der Waals surface area contributed by atoms with Crippen molar-refractivity contribution in [1.82, 2.24) is 9.55 Å². The van der Waals surface area contributed by atoms with Crippen molar-refractivity contribution in [3.05, 3.63) is 73.2 Å². The monoisotopic (exact) mass is 566 g/mol. The van der Waals surface area contributed by atoms with E-state index in [4.69, 9.17) is 32.1 Å². The molecule has 0 amide bonds. The van der Waals surface area contributed by atoms with Gasteiger partial charge < -0.3 is 8.92 Å². The molecule has 0 radical (unpaired) electrons. The first-order valence-corrected chi connectivity index (χ1v) is 14.1. The second-order valence-corrected chi connectivity index (χ2v) is 12.0. The van der Waals surface area contributed by atoms with Gasteiger partial charge in [-0.15, -0.1) is 0 Å². The van der Waals surface area contributed by atoms with Crippen molar-refractivity contribution >= 4 is 33.3 Å². The Morgan fingerprint density at radius 2 is 1.46 bits per heavy atom. The lowest BCUT2D eigenvalue weighted by Gasteiger charge is -2.22. The summed E-state index contributed by atoms with van der Waals surface area (Å²) in [6.07, 6.45) is 0. The third kappa shape index (κ3) is 5.81. The van der Waals surface area contributed by atoms with Gasteiger partial charge in [-0.25, -0.2) is 0 Å². The summed E-state index contributed by atoms with van der Waals surface area (Å²) in [4.78, 5) is 17.5. The van der Waals surface area contributed by atoms with Crippen LogP contribution in [-0.2, 0) is 10.1 Å². The Bertz CT molecular complexity index is 1470. The predicted octanol–water partition coefficient (Wildman–Crippen LogP) is 6.99. The lowest BCUT2D eigenvalue weighted by atomic mass is 9.89. The van der Waals surface area contributed by atoms with Crippen molar-refractivity contribution in [2.75, 3.05) is 7.11 Å². The lowest BCUT2D eigenvalue weighted by molar-refractivity contribution is 0.415. The highest BCUT2D eigenvalue weighted by atomic mass is 35.5. The number of ether oxygens (including phenoxy) is 1. The molecule has 2 aromatic carbocycles. The van der Waals surface area contributed by atoms with Crippen molar-refractivity contribution in [3.8, 4) is 17.3 Å². The van der Waals surface area contributed by atoms with Crippen LogP contribution in [0.1, 0.15) is 81.8 Å². The fourth-order valence-electron chi connectivity index (χ4n) is 4.09. The topological polar surface area (TPSA) is 87.5 Å². The van der Waals surface area contributed by atoms with Crippen LogP contribution in [0, 0.1) is 6.92 Å². The summed E-state index contributed by atoms with van der Waals surface area (Å²) < 4.78 is 39.2. The molecule has 0 saturated heterocycles. The largest absolute Gasteiger partial charge is 0.495 e. The van der Waals surface area contributed by atoms with Crippen LogP contribution in [0.4, 0.5) is 0 Å². The number of benzene rings is 2. The first kappa shape index (κ1) is 29.0. The van der Waals surface area contributed by atoms with Crippen molar-refractivity contribution in [2.45, 2.75) is 71.1 Å². The van der Waals surface area contributed by atoms with E-state index in [-0.39, 0.29) is 50.1 Å². The van der Waals surface area contributed by atoms with E-state index < -0.39 is 15.7 Å². The Kier molecular flexibility index (Phi) is 8.67. The van der Waals surface area contributed by atoms with Gasteiger partial charge in [0.15, 0.2) is 0 Å². The van der Waals surface area contributed by atoms with Crippen LogP contribution in [-0.4, -0.2) is 25.1 Å². The van der Waals surface area contributed by atoms with Gasteiger partial charge in [0, 0.05) is 0 Å². The number of nitrogens with zero attached hydrogens (tertiary/aromatic N) is 2. The minimum atomic E-state index is -4.32. The number of methoxy groups -OCH3 is 1. The number of aryl methyl sites for hydroxylation is 1. The third-order valence-corrected chi connectivity index (χ3v) is 8.29. The molecular weight excluding hydrogens is 535 g/mol. The summed E-state index contributed by atoms with van der Waals surface area (Å²) in [6.45, 7) is 13.4. The van der Waals surface area contributed by atoms with Gasteiger partial charge in [-0.3, -0.25) is 9.36 Å². The second-order valence-electron chi connectivity index (χ2n) is 9.76. The smallest absolute Gasteiger partial charge is 0.341 e. The van der Waals surface area contributed by atoms with E-state index in [9.17, 15) is 13.2 Å². The van der Waals surface area contributed by atoms with Crippen LogP contribution < -0.4 is 14.5 Å². The Morgan fingerprint density at radius 3 is 1.92 bits per heavy atom. The molecule has 3 aromatic rings. The van der Waals surface area contributed by atoms with E-state index >= 15 is 0 Å². The first-order chi connectivity index (χ1) is 17.2. The van der Waals surface area contributed by atoms with E-state index in [0.717, 1.165) is 11.6 Å². The predicted molar refractivity (Wildman–Crippen MR) is 148 cm³/mol. The van der Waals surface area contributed by atoms with Gasteiger partial charge in [0.1, 0.15) is 21.5 Å². The number of halogens is 2. The molecular formula is C27H32Cl2N2O5S. The zero-order valence-electron chi connectivity index (χ0n) is 22.2. The molecule has 0 N–H and O–H groups in total. The number of rotatable bonds is 8. The molecule has 3 rings (SSSR count). The fraction of sp³-hybridized carbons (Fsp3) is 0.407. The molecule has 0 spiro atoms. The maximum Gasteiger partial charge on any atom is 0.341 e. The highest BCUT2D eigenvalue weighted by molar-refractivity contribution is 7.87. The van der Waals surface area contributed by atoms with E-state index in [0.29, 0.717) is 16.9 Å². The Balaban J connectivity index is 2.14. The second kappa shape index (κ2) is 11.1. The molecule has 10 heteroatoms. The standard InChI is InChI=1S/C27H32Cl2N2O5S/c1-14(2)18-11-19(15(3)4)27(20(12-18)16(5)6)37(33,34)36-23-13-24(32)31(17(7)30-23)21-9-10-22(35-8)26(29)25(21)28/h9-16H,1-8H3. The van der Waals surface area contributed by atoms with Crippen LogP contribution in [0.3, 0.4) is 0 Å². The minimum absolute atomic E-state index is 0.0748. The summed E-state index contributed by atoms with van der Waals surface area (Å²) in [6, 6.07) is 8.01. The Hall–Kier alpha value is -2.55. The summed E-state index contributed by atoms with van der Waals surface area (Å²) in [5.41, 5.74) is 2.09. The van der Waals surface area contributed by atoms with E-state index in [1.165, 1.54) is 11.7 Å². The molecule has 0 fully saturated rings. The van der Waals surface area contributed by atoms with Crippen LogP contribution in [0.15, 0.2) is 40.0 Å². The SMILES string of the molecule is COc1ccc(-n2c(C)nc(OS(=O)(=O)c3c(C(C)C)cc(C(C)C)cc3C(C)C)cc2=O)c(Cl)c1Cl. The molecule has 0 saturated carbocycles. The normalized spacial score (nSPS) is 12.0. The van der Waals surface area contributed by atoms with E-state index in [1.54, 1.807) is 19.1 Å². The number of hydrogen-bond donors (Lipinski definition) is 0. The van der Waals surface area contributed by atoms with Crippen LogP contribution >= 0.6 is 23.2 Å². The zero-order chi connectivity index (χ0) is 27.8. The van der Waals surface area contributed by atoms with Gasteiger partial charge in [0.05, 0.1) is 23.9 Å². The Morgan fingerprint density at radius 1 is 0.892 bits per heavy atom. The van der Waals surface area contributed by atoms with Gasteiger partial charge in [-0.05, 0) is 53.5 Å². The average molecular weight is 568 g/mol. The first-order valence-electron chi connectivity index (χ1n) is 11.9. The van der Waals surface area contributed by atoms with Gasteiger partial charge >= 0.3 is 10.1 Å². The highest BCUT2D eigenvalue weighted by Crippen LogP contribution is 2.37. The zero-order valence-corrected chi connectivity index (χ0v) is 24.5. The van der Waals surface area contributed by atoms with Gasteiger partial charge in [0.25, 0.3) is 5.56 Å². The number of hydrogen-bond acceptors (Lipinski definition) is 6. The summed E-state index contributed by atoms with van der Waals surface area (Å²) >= 11 is 12.6. The molecule has 1 heterocycles. The average Bonchev–Trinajstić information content (AvgIpc) is 2.80. The summed E-state index contributed by atoms with van der Waals surface area (Å²) in [5.74, 6) is 0.271. The third-order valence-electron chi connectivity index (χ3n) is 6.07. The van der Waals surface area contributed by atoms with E-state index in [2.05, 4.69) is 18.8 Å². The minimum Gasteiger partial charge on any atom is -0.495 e. The van der Waals surface area contributed by atoms with Gasteiger partial charge in [-0.1, -0.05) is 76.9 Å². The molecule has 0 aliphatic heterocycles. The van der Waals surface area contributed by atoms with Crippen molar-refractivity contribution < 1.29 is 17.3 Å². The van der Waals surface area contributed by atoms with Crippen molar-refractivity contribution in [2.24, 2.45) is 0 Å². The van der Waals surface area contributed by atoms with Gasteiger partial charge in [0.2, 0.25) is 5.88 Å². The highest BCUT2D eigenvalue weighted by Gasteiger charge is 2.29. The molecule has 0 atom stereocenters. The lowest BCUT2D eigenvalue weighted by Crippen LogP contribution is -2.24. The summed E-state index contributed by atoms with van der Waals surface area (Å²) in [7, 11) is -2.86. The summed E-state index contributed by atoms with van der Waals surface area (Å²) in [5, 5.41) is 0.242. The Labute approximate surface area is 228 Å². The van der Waals surface area contributed by atoms with Crippen LogP contribution in [0.5, 0.6) is 11.6 Å².